The minimum atomic E-state index is -0.173. The molecule has 3 aromatic heterocycles. The van der Waals surface area contributed by atoms with Crippen LogP contribution in [0, 0.1) is 6.92 Å². The number of hydrogen-bond acceptors (Lipinski definition) is 7. The van der Waals surface area contributed by atoms with E-state index in [1.807, 2.05) is 43.3 Å². The van der Waals surface area contributed by atoms with Crippen LogP contribution < -0.4 is 5.32 Å². The maximum atomic E-state index is 11.2. The van der Waals surface area contributed by atoms with Crippen LogP contribution in [0.4, 0.5) is 5.13 Å². The van der Waals surface area contributed by atoms with Crippen molar-refractivity contribution in [2.75, 3.05) is 5.32 Å². The van der Waals surface area contributed by atoms with Crippen LogP contribution in [0.15, 0.2) is 36.4 Å². The number of benzene rings is 2. The van der Waals surface area contributed by atoms with Crippen molar-refractivity contribution >= 4 is 54.9 Å². The molecule has 0 aliphatic rings. The maximum Gasteiger partial charge on any atom is 0.223 e. The lowest BCUT2D eigenvalue weighted by Gasteiger charge is -2.01. The molecule has 5 rings (SSSR count). The number of nitrogens with zero attached hydrogens (tertiary/aromatic N) is 6. The van der Waals surface area contributed by atoms with E-state index < -0.39 is 0 Å². The van der Waals surface area contributed by atoms with Crippen LogP contribution in [0.5, 0.6) is 0 Å². The third kappa shape index (κ3) is 2.77. The van der Waals surface area contributed by atoms with E-state index in [4.69, 9.17) is 0 Å². The van der Waals surface area contributed by atoms with Crippen LogP contribution in [-0.4, -0.2) is 35.9 Å². The fourth-order valence-corrected chi connectivity index (χ4v) is 3.67. The number of anilines is 1. The van der Waals surface area contributed by atoms with Gasteiger partial charge in [0.15, 0.2) is 15.6 Å². The minimum absolute atomic E-state index is 0.173. The predicted molar refractivity (Wildman–Crippen MR) is 104 cm³/mol. The first-order chi connectivity index (χ1) is 13.0. The lowest BCUT2D eigenvalue weighted by Crippen LogP contribution is -2.04. The summed E-state index contributed by atoms with van der Waals surface area (Å²) in [5, 5.41) is 12.2. The molecule has 0 radical (unpaired) electrons. The van der Waals surface area contributed by atoms with E-state index in [0.717, 1.165) is 27.8 Å². The van der Waals surface area contributed by atoms with E-state index in [9.17, 15) is 4.79 Å². The molecule has 1 N–H and O–H groups in total. The van der Waals surface area contributed by atoms with Gasteiger partial charge in [-0.1, -0.05) is 17.4 Å². The highest BCUT2D eigenvalue weighted by molar-refractivity contribution is 7.21. The van der Waals surface area contributed by atoms with Crippen LogP contribution in [0.1, 0.15) is 12.5 Å². The third-order valence-electron chi connectivity index (χ3n) is 4.05. The summed E-state index contributed by atoms with van der Waals surface area (Å²) in [4.78, 5) is 27.0. The highest BCUT2D eigenvalue weighted by atomic mass is 32.1. The molecule has 0 bridgehead atoms. The van der Waals surface area contributed by atoms with Gasteiger partial charge in [-0.3, -0.25) is 4.79 Å². The van der Waals surface area contributed by atoms with Crippen LogP contribution in [0.3, 0.4) is 0 Å². The zero-order valence-electron chi connectivity index (χ0n) is 14.5. The zero-order valence-corrected chi connectivity index (χ0v) is 15.3. The van der Waals surface area contributed by atoms with Gasteiger partial charge in [0.2, 0.25) is 5.91 Å². The van der Waals surface area contributed by atoms with Crippen molar-refractivity contribution in [1.29, 1.82) is 0 Å². The van der Waals surface area contributed by atoms with E-state index in [2.05, 4.69) is 30.5 Å². The van der Waals surface area contributed by atoms with Gasteiger partial charge in [0.05, 0.1) is 16.7 Å². The molecule has 27 heavy (non-hydrogen) atoms. The van der Waals surface area contributed by atoms with Crippen molar-refractivity contribution < 1.29 is 4.79 Å². The van der Waals surface area contributed by atoms with Crippen LogP contribution in [-0.2, 0) is 4.79 Å². The van der Waals surface area contributed by atoms with E-state index >= 15 is 0 Å². The Hall–Kier alpha value is -3.46. The molecular formula is C18H13N7OS. The van der Waals surface area contributed by atoms with Gasteiger partial charge in [-0.05, 0) is 42.8 Å². The fourth-order valence-electron chi connectivity index (χ4n) is 2.84. The molecule has 0 spiro atoms. The number of hydrogen-bond donors (Lipinski definition) is 1. The second-order valence-electron chi connectivity index (χ2n) is 6.21. The summed E-state index contributed by atoms with van der Waals surface area (Å²) in [6.45, 7) is 3.47. The number of amides is 1. The summed E-state index contributed by atoms with van der Waals surface area (Å²) < 4.78 is 0. The first-order valence-corrected chi connectivity index (χ1v) is 9.07. The first kappa shape index (κ1) is 15.8. The summed E-state index contributed by atoms with van der Waals surface area (Å²) in [5.41, 5.74) is 5.55. The highest BCUT2D eigenvalue weighted by Crippen LogP contribution is 2.26. The summed E-state index contributed by atoms with van der Waals surface area (Å²) in [7, 11) is 0. The number of carbonyl (C=O) groups excluding carboxylic acids is 1. The van der Waals surface area contributed by atoms with Crippen molar-refractivity contribution in [2.24, 2.45) is 0 Å². The SMILES string of the molecule is CC(=O)Nc1nc2nc3cc(-n4nc5ccc(C)cc5n4)ccc3nc2s1. The highest BCUT2D eigenvalue weighted by Gasteiger charge is 2.11. The van der Waals surface area contributed by atoms with Crippen molar-refractivity contribution in [3.05, 3.63) is 42.0 Å². The average molecular weight is 375 g/mol. The van der Waals surface area contributed by atoms with E-state index in [-0.39, 0.29) is 5.91 Å². The number of fused-ring (bicyclic) bond motifs is 3. The van der Waals surface area contributed by atoms with Crippen molar-refractivity contribution in [1.82, 2.24) is 29.9 Å². The zero-order chi connectivity index (χ0) is 18.5. The molecule has 0 unspecified atom stereocenters. The van der Waals surface area contributed by atoms with Crippen LogP contribution in [0.25, 0.3) is 38.2 Å². The lowest BCUT2D eigenvalue weighted by molar-refractivity contribution is -0.114. The molecule has 0 aliphatic heterocycles. The molecule has 8 nitrogen and oxygen atoms in total. The van der Waals surface area contributed by atoms with Gasteiger partial charge < -0.3 is 5.32 Å². The second-order valence-corrected chi connectivity index (χ2v) is 7.18. The predicted octanol–water partition coefficient (Wildman–Crippen LogP) is 3.24. The van der Waals surface area contributed by atoms with Gasteiger partial charge in [0.1, 0.15) is 11.0 Å². The lowest BCUT2D eigenvalue weighted by atomic mass is 10.2. The van der Waals surface area contributed by atoms with Gasteiger partial charge in [0.25, 0.3) is 0 Å². The summed E-state index contributed by atoms with van der Waals surface area (Å²) in [6, 6.07) is 11.6. The average Bonchev–Trinajstić information content (AvgIpc) is 3.20. The normalized spacial score (nSPS) is 11.5. The minimum Gasteiger partial charge on any atom is -0.302 e. The molecule has 2 aromatic carbocycles. The molecule has 0 fully saturated rings. The Morgan fingerprint density at radius 1 is 0.963 bits per heavy atom. The van der Waals surface area contributed by atoms with Crippen molar-refractivity contribution in [3.63, 3.8) is 0 Å². The Bertz CT molecular complexity index is 1350. The van der Waals surface area contributed by atoms with Crippen molar-refractivity contribution in [3.8, 4) is 5.69 Å². The number of carbonyl (C=O) groups is 1. The molecule has 5 aromatic rings. The maximum absolute atomic E-state index is 11.2. The molecule has 0 atom stereocenters. The molecule has 9 heteroatoms. The van der Waals surface area contributed by atoms with Crippen LogP contribution in [0.2, 0.25) is 0 Å². The largest absolute Gasteiger partial charge is 0.302 e. The molecule has 3 heterocycles. The van der Waals surface area contributed by atoms with E-state index in [1.165, 1.54) is 18.3 Å². The smallest absolute Gasteiger partial charge is 0.223 e. The monoisotopic (exact) mass is 375 g/mol. The van der Waals surface area contributed by atoms with Gasteiger partial charge >= 0.3 is 0 Å². The Labute approximate surface area is 156 Å². The molecule has 0 saturated heterocycles. The molecular weight excluding hydrogens is 362 g/mol. The number of rotatable bonds is 2. The number of aryl methyl sites for hydroxylation is 1. The van der Waals surface area contributed by atoms with Gasteiger partial charge in [0, 0.05) is 6.92 Å². The van der Waals surface area contributed by atoms with Crippen LogP contribution >= 0.6 is 11.3 Å². The van der Waals surface area contributed by atoms with Gasteiger partial charge in [-0.25, -0.2) is 9.97 Å². The molecule has 0 saturated carbocycles. The fraction of sp³-hybridized carbons (Fsp3) is 0.111. The third-order valence-corrected chi connectivity index (χ3v) is 4.90. The Balaban J connectivity index is 1.62. The van der Waals surface area contributed by atoms with Gasteiger partial charge in [-0.2, -0.15) is 9.78 Å². The van der Waals surface area contributed by atoms with Gasteiger partial charge in [-0.15, -0.1) is 10.2 Å². The Kier molecular flexibility index (Phi) is 3.37. The summed E-state index contributed by atoms with van der Waals surface area (Å²) in [6.07, 6.45) is 0. The standard InChI is InChI=1S/C18H13N7OS/c1-9-3-5-13-15(7-9)24-25(23-13)11-4-6-12-14(8-11)20-16-17(21-12)27-18(22-16)19-10(2)26/h3-8H,1-2H3,(H,19,20,22,26). The topological polar surface area (TPSA) is 98.5 Å². The Morgan fingerprint density at radius 2 is 1.78 bits per heavy atom. The summed E-state index contributed by atoms with van der Waals surface area (Å²) in [5.74, 6) is -0.173. The number of thiazole rings is 1. The quantitative estimate of drug-likeness (QED) is 0.509. The number of aromatic nitrogens is 6. The Morgan fingerprint density at radius 3 is 2.63 bits per heavy atom. The number of nitrogens with one attached hydrogen (secondary N) is 1. The molecule has 132 valence electrons. The van der Waals surface area contributed by atoms with E-state index in [0.29, 0.717) is 21.1 Å². The molecule has 0 aliphatic carbocycles. The van der Waals surface area contributed by atoms with Crippen molar-refractivity contribution in [2.45, 2.75) is 13.8 Å². The van der Waals surface area contributed by atoms with E-state index in [1.54, 1.807) is 4.80 Å². The first-order valence-electron chi connectivity index (χ1n) is 8.25. The second kappa shape index (κ2) is 5.78. The summed E-state index contributed by atoms with van der Waals surface area (Å²) >= 11 is 1.30. The molecule has 1 amide bonds.